The number of pyridine rings is 1. The van der Waals surface area contributed by atoms with E-state index in [-0.39, 0.29) is 12.0 Å². The molecule has 10 heteroatoms. The van der Waals surface area contributed by atoms with Crippen LogP contribution in [-0.4, -0.2) is 36.1 Å². The Morgan fingerprint density at radius 2 is 1.77 bits per heavy atom. The molecule has 182 valence electrons. The Kier molecular flexibility index (Phi) is 7.11. The van der Waals surface area contributed by atoms with Gasteiger partial charge in [-0.05, 0) is 72.6 Å². The van der Waals surface area contributed by atoms with Crippen LogP contribution in [0.15, 0.2) is 71.7 Å². The molecule has 0 saturated carbocycles. The lowest BCUT2D eigenvalue weighted by Gasteiger charge is -2.19. The molecular formula is C25H24BrF2N5O2. The predicted octanol–water partition coefficient (Wildman–Crippen LogP) is 6.09. The Labute approximate surface area is 209 Å². The van der Waals surface area contributed by atoms with Crippen LogP contribution in [0.2, 0.25) is 0 Å². The number of benzene rings is 1. The molecule has 1 aromatic carbocycles. The van der Waals surface area contributed by atoms with Gasteiger partial charge < -0.3 is 4.74 Å². The van der Waals surface area contributed by atoms with E-state index in [2.05, 4.69) is 31.1 Å². The topological polar surface area (TPSA) is 74.8 Å². The largest absolute Gasteiger partial charge is 0.456 e. The molecule has 4 rings (SSSR count). The Bertz CT molecular complexity index is 1290. The van der Waals surface area contributed by atoms with E-state index >= 15 is 0 Å². The van der Waals surface area contributed by atoms with Crippen LogP contribution >= 0.6 is 15.9 Å². The number of ether oxygens (including phenoxy) is 1. The Hall–Kier alpha value is -3.40. The highest BCUT2D eigenvalue weighted by Gasteiger charge is 2.21. The SMILES string of the molecule is CC(C)(C)OC(=O)c1ccc(-c2cnn(C(Cc3ccn(C(F)F)n3)c3ccc(Br)cn3)c2)cc1. The van der Waals surface area contributed by atoms with Gasteiger partial charge >= 0.3 is 12.5 Å². The third-order valence-electron chi connectivity index (χ3n) is 5.13. The molecule has 4 aromatic rings. The minimum absolute atomic E-state index is 0.326. The second-order valence-corrected chi connectivity index (χ2v) is 9.89. The van der Waals surface area contributed by atoms with E-state index in [1.54, 1.807) is 35.3 Å². The van der Waals surface area contributed by atoms with Crippen molar-refractivity contribution in [1.29, 1.82) is 0 Å². The van der Waals surface area contributed by atoms with Gasteiger partial charge in [0, 0.05) is 35.0 Å². The summed E-state index contributed by atoms with van der Waals surface area (Å²) in [6, 6.07) is 12.0. The van der Waals surface area contributed by atoms with E-state index in [9.17, 15) is 13.6 Å². The van der Waals surface area contributed by atoms with Gasteiger partial charge in [0.2, 0.25) is 0 Å². The van der Waals surface area contributed by atoms with E-state index in [1.165, 1.54) is 6.20 Å². The maximum absolute atomic E-state index is 13.0. The number of hydrogen-bond donors (Lipinski definition) is 0. The van der Waals surface area contributed by atoms with Crippen LogP contribution in [0.25, 0.3) is 11.1 Å². The molecule has 0 saturated heterocycles. The van der Waals surface area contributed by atoms with Crippen LogP contribution in [-0.2, 0) is 11.2 Å². The van der Waals surface area contributed by atoms with Crippen LogP contribution in [0.4, 0.5) is 8.78 Å². The van der Waals surface area contributed by atoms with E-state index in [0.29, 0.717) is 22.4 Å². The van der Waals surface area contributed by atoms with Crippen molar-refractivity contribution in [2.24, 2.45) is 0 Å². The molecule has 0 spiro atoms. The van der Waals surface area contributed by atoms with Crippen molar-refractivity contribution in [3.63, 3.8) is 0 Å². The number of hydrogen-bond acceptors (Lipinski definition) is 5. The molecule has 0 bridgehead atoms. The Morgan fingerprint density at radius 1 is 1.03 bits per heavy atom. The predicted molar refractivity (Wildman–Crippen MR) is 130 cm³/mol. The third-order valence-corrected chi connectivity index (χ3v) is 5.60. The molecule has 3 heterocycles. The second kappa shape index (κ2) is 10.1. The van der Waals surface area contributed by atoms with Gasteiger partial charge in [-0.15, -0.1) is 0 Å². The van der Waals surface area contributed by atoms with Gasteiger partial charge in [-0.25, -0.2) is 9.48 Å². The zero-order valence-electron chi connectivity index (χ0n) is 19.4. The van der Waals surface area contributed by atoms with Crippen molar-refractivity contribution in [2.75, 3.05) is 0 Å². The summed E-state index contributed by atoms with van der Waals surface area (Å²) in [4.78, 5) is 16.8. The first kappa shape index (κ1) is 24.7. The lowest BCUT2D eigenvalue weighted by atomic mass is 10.1. The van der Waals surface area contributed by atoms with E-state index < -0.39 is 12.2 Å². The van der Waals surface area contributed by atoms with Crippen LogP contribution < -0.4 is 0 Å². The zero-order chi connectivity index (χ0) is 25.2. The van der Waals surface area contributed by atoms with Gasteiger partial charge in [-0.2, -0.15) is 19.0 Å². The number of carbonyl (C=O) groups excluding carboxylic acids is 1. The summed E-state index contributed by atoms with van der Waals surface area (Å²) in [5, 5.41) is 8.51. The summed E-state index contributed by atoms with van der Waals surface area (Å²) in [6.07, 6.45) is 6.84. The van der Waals surface area contributed by atoms with Gasteiger partial charge in [0.25, 0.3) is 0 Å². The lowest BCUT2D eigenvalue weighted by molar-refractivity contribution is 0.00694. The Morgan fingerprint density at radius 3 is 2.37 bits per heavy atom. The average molecular weight is 544 g/mol. The monoisotopic (exact) mass is 543 g/mol. The molecular weight excluding hydrogens is 520 g/mol. The van der Waals surface area contributed by atoms with Gasteiger partial charge in [-0.3, -0.25) is 9.67 Å². The van der Waals surface area contributed by atoms with Crippen molar-refractivity contribution in [3.8, 4) is 11.1 Å². The fourth-order valence-electron chi connectivity index (χ4n) is 3.50. The number of esters is 1. The average Bonchev–Trinajstić information content (AvgIpc) is 3.47. The third kappa shape index (κ3) is 6.19. The molecule has 7 nitrogen and oxygen atoms in total. The summed E-state index contributed by atoms with van der Waals surface area (Å²) in [5.41, 5.74) is 2.81. The number of alkyl halides is 2. The molecule has 3 aromatic heterocycles. The fraction of sp³-hybridized carbons (Fsp3) is 0.280. The first-order valence-electron chi connectivity index (χ1n) is 10.9. The molecule has 0 aliphatic carbocycles. The number of halogens is 3. The summed E-state index contributed by atoms with van der Waals surface area (Å²) in [5.74, 6) is -0.385. The molecule has 35 heavy (non-hydrogen) atoms. The summed E-state index contributed by atoms with van der Waals surface area (Å²) in [7, 11) is 0. The second-order valence-electron chi connectivity index (χ2n) is 8.97. The summed E-state index contributed by atoms with van der Waals surface area (Å²) < 4.78 is 34.6. The smallest absolute Gasteiger partial charge is 0.338 e. The maximum atomic E-state index is 13.0. The normalized spacial score (nSPS) is 12.7. The highest BCUT2D eigenvalue weighted by atomic mass is 79.9. The van der Waals surface area contributed by atoms with E-state index in [0.717, 1.165) is 21.3 Å². The van der Waals surface area contributed by atoms with Gasteiger partial charge in [0.05, 0.1) is 29.2 Å². The molecule has 0 N–H and O–H groups in total. The van der Waals surface area contributed by atoms with Crippen LogP contribution in [0, 0.1) is 0 Å². The minimum Gasteiger partial charge on any atom is -0.456 e. The molecule has 0 aliphatic heterocycles. The summed E-state index contributed by atoms with van der Waals surface area (Å²) >= 11 is 3.39. The van der Waals surface area contributed by atoms with E-state index in [1.807, 2.05) is 51.2 Å². The van der Waals surface area contributed by atoms with Gasteiger partial charge in [0.1, 0.15) is 5.60 Å². The maximum Gasteiger partial charge on any atom is 0.338 e. The minimum atomic E-state index is -2.70. The van der Waals surface area contributed by atoms with Crippen LogP contribution in [0.5, 0.6) is 0 Å². The zero-order valence-corrected chi connectivity index (χ0v) is 21.0. The molecule has 0 aliphatic rings. The molecule has 1 atom stereocenters. The highest BCUT2D eigenvalue weighted by molar-refractivity contribution is 9.10. The molecule has 0 amide bonds. The lowest BCUT2D eigenvalue weighted by Crippen LogP contribution is -2.23. The molecule has 0 fully saturated rings. The molecule has 0 radical (unpaired) electrons. The van der Waals surface area contributed by atoms with Crippen LogP contribution in [0.1, 0.15) is 55.1 Å². The standard InChI is InChI=1S/C25H24BrF2N5O2/c1-25(2,3)35-23(34)17-6-4-16(5-7-17)18-13-30-33(15-18)22(21-9-8-19(26)14-29-21)12-20-10-11-32(31-20)24(27)28/h4-11,13-15,22,24H,12H2,1-3H3. The van der Waals surface area contributed by atoms with Gasteiger partial charge in [-0.1, -0.05) is 12.1 Å². The summed E-state index contributed by atoms with van der Waals surface area (Å²) in [6.45, 7) is 2.76. The van der Waals surface area contributed by atoms with Crippen molar-refractivity contribution < 1.29 is 18.3 Å². The number of carbonyl (C=O) groups is 1. The first-order chi connectivity index (χ1) is 16.6. The number of nitrogens with zero attached hydrogens (tertiary/aromatic N) is 5. The fourth-order valence-corrected chi connectivity index (χ4v) is 3.74. The van der Waals surface area contributed by atoms with E-state index in [4.69, 9.17) is 4.74 Å². The quantitative estimate of drug-likeness (QED) is 0.264. The highest BCUT2D eigenvalue weighted by Crippen LogP contribution is 2.26. The molecule has 1 unspecified atom stereocenters. The van der Waals surface area contributed by atoms with Crippen molar-refractivity contribution in [1.82, 2.24) is 24.5 Å². The van der Waals surface area contributed by atoms with Crippen molar-refractivity contribution in [3.05, 3.63) is 88.7 Å². The van der Waals surface area contributed by atoms with Crippen molar-refractivity contribution >= 4 is 21.9 Å². The van der Waals surface area contributed by atoms with Gasteiger partial charge in [0.15, 0.2) is 0 Å². The Balaban J connectivity index is 1.60. The number of rotatable bonds is 7. The number of aromatic nitrogens is 5. The first-order valence-corrected chi connectivity index (χ1v) is 11.7. The van der Waals surface area contributed by atoms with Crippen molar-refractivity contribution in [2.45, 2.75) is 45.4 Å². The van der Waals surface area contributed by atoms with Crippen LogP contribution in [0.3, 0.4) is 0 Å².